The number of carbonyl (C=O) groups excluding carboxylic acids is 1. The second-order valence-corrected chi connectivity index (χ2v) is 14.0. The first-order chi connectivity index (χ1) is 20.8. The number of sulfonamides is 1. The van der Waals surface area contributed by atoms with Crippen molar-refractivity contribution in [3.8, 4) is 5.75 Å². The number of ether oxygens (including phenoxy) is 4. The topological polar surface area (TPSA) is 136 Å². The number of carbonyl (C=O) groups is 1. The molecule has 3 saturated heterocycles. The molecule has 3 heterocycles. The summed E-state index contributed by atoms with van der Waals surface area (Å²) in [6.45, 7) is 2.54. The van der Waals surface area contributed by atoms with Gasteiger partial charge in [0.25, 0.3) is 0 Å². The van der Waals surface area contributed by atoms with Crippen LogP contribution in [0.15, 0.2) is 59.5 Å². The Morgan fingerprint density at radius 2 is 1.88 bits per heavy atom. The van der Waals surface area contributed by atoms with Gasteiger partial charge in [-0.25, -0.2) is 13.2 Å². The third kappa shape index (κ3) is 6.69. The summed E-state index contributed by atoms with van der Waals surface area (Å²) in [7, 11) is -2.44. The first-order valence-electron chi connectivity index (χ1n) is 15.1. The molecule has 3 N–H and O–H groups in total. The van der Waals surface area contributed by atoms with Gasteiger partial charge < -0.3 is 34.7 Å². The molecule has 1 saturated carbocycles. The van der Waals surface area contributed by atoms with Gasteiger partial charge in [-0.1, -0.05) is 30.3 Å². The van der Waals surface area contributed by atoms with E-state index in [0.717, 1.165) is 24.9 Å². The number of methoxy groups -OCH3 is 1. The Bertz CT molecular complexity index is 1340. The smallest absolute Gasteiger partial charge is 0.407 e. The second kappa shape index (κ2) is 13.1. The van der Waals surface area contributed by atoms with Gasteiger partial charge >= 0.3 is 6.09 Å². The van der Waals surface area contributed by atoms with Crippen LogP contribution in [0, 0.1) is 23.7 Å². The molecule has 6 rings (SSSR count). The molecule has 2 aromatic rings. The Balaban J connectivity index is 1.20. The number of aliphatic hydroxyl groups is 1. The number of alkyl carbamates (subject to hydrolysis) is 1. The summed E-state index contributed by atoms with van der Waals surface area (Å²) >= 11 is 0. The SMILES string of the molecule is COc1ccc(S(=O)(=O)N(CC2CCNC2)CC(O)C(Cc2ccccc2)NC(=O)OC2C3COC4OCC2C4C3)cc1. The molecular weight excluding hydrogens is 574 g/mol. The van der Waals surface area contributed by atoms with E-state index >= 15 is 0 Å². The highest BCUT2D eigenvalue weighted by molar-refractivity contribution is 7.89. The van der Waals surface area contributed by atoms with Crippen molar-refractivity contribution in [1.82, 2.24) is 14.9 Å². The van der Waals surface area contributed by atoms with Crippen molar-refractivity contribution < 1.29 is 37.3 Å². The van der Waals surface area contributed by atoms with Crippen molar-refractivity contribution in [2.45, 2.75) is 48.7 Å². The van der Waals surface area contributed by atoms with Crippen LogP contribution >= 0.6 is 0 Å². The maximum atomic E-state index is 13.9. The van der Waals surface area contributed by atoms with E-state index in [1.807, 2.05) is 30.3 Å². The van der Waals surface area contributed by atoms with Gasteiger partial charge in [0.1, 0.15) is 11.9 Å². The van der Waals surface area contributed by atoms with Gasteiger partial charge in [-0.3, -0.25) is 0 Å². The number of rotatable bonds is 12. The Morgan fingerprint density at radius 3 is 2.60 bits per heavy atom. The van der Waals surface area contributed by atoms with Gasteiger partial charge in [0.15, 0.2) is 6.29 Å². The number of hydrogen-bond acceptors (Lipinski definition) is 9. The fourth-order valence-electron chi connectivity index (χ4n) is 6.97. The first-order valence-corrected chi connectivity index (χ1v) is 16.5. The Morgan fingerprint density at radius 1 is 1.12 bits per heavy atom. The van der Waals surface area contributed by atoms with Crippen molar-refractivity contribution in [3.05, 3.63) is 60.2 Å². The van der Waals surface area contributed by atoms with Gasteiger partial charge in [0, 0.05) is 30.8 Å². The van der Waals surface area contributed by atoms with Gasteiger partial charge in [-0.15, -0.1) is 0 Å². The molecule has 4 fully saturated rings. The van der Waals surface area contributed by atoms with Crippen LogP contribution in [0.5, 0.6) is 5.75 Å². The van der Waals surface area contributed by atoms with Gasteiger partial charge in [-0.2, -0.15) is 4.31 Å². The van der Waals surface area contributed by atoms with E-state index in [0.29, 0.717) is 31.9 Å². The summed E-state index contributed by atoms with van der Waals surface area (Å²) < 4.78 is 51.8. The maximum Gasteiger partial charge on any atom is 0.407 e. The van der Waals surface area contributed by atoms with E-state index < -0.39 is 28.3 Å². The molecule has 234 valence electrons. The van der Waals surface area contributed by atoms with Crippen LogP contribution in [-0.2, 0) is 30.7 Å². The highest BCUT2D eigenvalue weighted by Gasteiger charge is 2.56. The molecular formula is C31H41N3O8S. The van der Waals surface area contributed by atoms with Crippen LogP contribution in [0.2, 0.25) is 0 Å². The van der Waals surface area contributed by atoms with Crippen LogP contribution in [0.1, 0.15) is 18.4 Å². The molecule has 3 aliphatic heterocycles. The molecule has 1 aliphatic carbocycles. The predicted molar refractivity (Wildman–Crippen MR) is 157 cm³/mol. The Hall–Kier alpha value is -2.74. The van der Waals surface area contributed by atoms with Crippen LogP contribution in [0.4, 0.5) is 4.79 Å². The fourth-order valence-corrected chi connectivity index (χ4v) is 8.51. The average Bonchev–Trinajstić information content (AvgIpc) is 3.74. The summed E-state index contributed by atoms with van der Waals surface area (Å²) in [6.07, 6.45) is -0.356. The quantitative estimate of drug-likeness (QED) is 0.328. The highest BCUT2D eigenvalue weighted by Crippen LogP contribution is 2.49. The molecule has 0 aromatic heterocycles. The van der Waals surface area contributed by atoms with E-state index in [4.69, 9.17) is 18.9 Å². The molecule has 2 bridgehead atoms. The van der Waals surface area contributed by atoms with Crippen LogP contribution in [0.3, 0.4) is 0 Å². The van der Waals surface area contributed by atoms with Gasteiger partial charge in [-0.05, 0) is 68.1 Å². The van der Waals surface area contributed by atoms with Gasteiger partial charge in [0.05, 0.1) is 37.4 Å². The van der Waals surface area contributed by atoms with Crippen molar-refractivity contribution in [3.63, 3.8) is 0 Å². The first kappa shape index (κ1) is 30.3. The van der Waals surface area contributed by atoms with E-state index in [-0.39, 0.29) is 54.1 Å². The molecule has 0 spiro atoms. The minimum absolute atomic E-state index is 0.0888. The second-order valence-electron chi connectivity index (χ2n) is 12.1. The zero-order valence-corrected chi connectivity index (χ0v) is 25.2. The lowest BCUT2D eigenvalue weighted by atomic mass is 9.98. The number of benzene rings is 2. The van der Waals surface area contributed by atoms with E-state index in [1.165, 1.54) is 23.5 Å². The molecule has 8 unspecified atom stereocenters. The molecule has 43 heavy (non-hydrogen) atoms. The van der Waals surface area contributed by atoms with Crippen molar-refractivity contribution in [1.29, 1.82) is 0 Å². The summed E-state index contributed by atoms with van der Waals surface area (Å²) in [5.41, 5.74) is 0.897. The molecule has 12 heteroatoms. The lowest BCUT2D eigenvalue weighted by molar-refractivity contribution is -0.169. The largest absolute Gasteiger partial charge is 0.497 e. The lowest BCUT2D eigenvalue weighted by Crippen LogP contribution is -2.52. The highest BCUT2D eigenvalue weighted by atomic mass is 32.2. The zero-order valence-electron chi connectivity index (χ0n) is 24.3. The average molecular weight is 616 g/mol. The summed E-state index contributed by atoms with van der Waals surface area (Å²) in [4.78, 5) is 13.4. The van der Waals surface area contributed by atoms with Crippen molar-refractivity contribution >= 4 is 16.1 Å². The maximum absolute atomic E-state index is 13.9. The number of nitrogens with one attached hydrogen (secondary N) is 2. The zero-order chi connectivity index (χ0) is 30.0. The van der Waals surface area contributed by atoms with Crippen LogP contribution < -0.4 is 15.4 Å². The third-order valence-electron chi connectivity index (χ3n) is 9.31. The molecule has 0 radical (unpaired) electrons. The summed E-state index contributed by atoms with van der Waals surface area (Å²) in [6, 6.07) is 14.9. The Labute approximate surface area is 252 Å². The number of fused-ring (bicyclic) bond motifs is 1. The lowest BCUT2D eigenvalue weighted by Gasteiger charge is -2.32. The normalized spacial score (nSPS) is 29.4. The molecule has 2 aromatic carbocycles. The molecule has 8 atom stereocenters. The van der Waals surface area contributed by atoms with Crippen LogP contribution in [0.25, 0.3) is 0 Å². The van der Waals surface area contributed by atoms with Gasteiger partial charge in [0.2, 0.25) is 10.0 Å². The standard InChI is InChI=1S/C31H41N3O8S/c1-39-23-7-9-24(10-8-23)43(37,38)34(16-21-11-12-32-15-21)17-28(35)27(13-20-5-3-2-4-6-20)33-31(36)42-29-22-14-25-26(29)19-41-30(25)40-18-22/h2-10,21-22,25-30,32,35H,11-19H2,1H3,(H,33,36). The van der Waals surface area contributed by atoms with E-state index in [2.05, 4.69) is 10.6 Å². The molecule has 1 amide bonds. The number of aliphatic hydroxyl groups excluding tert-OH is 1. The molecule has 4 aliphatic rings. The van der Waals surface area contributed by atoms with E-state index in [9.17, 15) is 18.3 Å². The van der Waals surface area contributed by atoms with Crippen LogP contribution in [-0.4, -0.2) is 95.0 Å². The monoisotopic (exact) mass is 615 g/mol. The predicted octanol–water partition coefficient (Wildman–Crippen LogP) is 2.00. The fraction of sp³-hybridized carbons (Fsp3) is 0.581. The Kier molecular flexibility index (Phi) is 9.22. The summed E-state index contributed by atoms with van der Waals surface area (Å²) in [5.74, 6) is 1.08. The third-order valence-corrected chi connectivity index (χ3v) is 11.2. The number of nitrogens with zero attached hydrogens (tertiary/aromatic N) is 1. The minimum Gasteiger partial charge on any atom is -0.497 e. The summed E-state index contributed by atoms with van der Waals surface area (Å²) in [5, 5.41) is 17.8. The van der Waals surface area contributed by atoms with Crippen molar-refractivity contribution in [2.24, 2.45) is 23.7 Å². The molecule has 11 nitrogen and oxygen atoms in total. The number of amides is 1. The van der Waals surface area contributed by atoms with E-state index in [1.54, 1.807) is 12.1 Å². The number of hydrogen-bond donors (Lipinski definition) is 3. The van der Waals surface area contributed by atoms with Crippen molar-refractivity contribution in [2.75, 3.05) is 46.5 Å². The minimum atomic E-state index is -3.96.